The summed E-state index contributed by atoms with van der Waals surface area (Å²) in [4.78, 5) is 33.0. The average Bonchev–Trinajstić information content (AvgIpc) is 2.96. The van der Waals surface area contributed by atoms with Crippen LogP contribution in [0.15, 0.2) is 73.1 Å². The van der Waals surface area contributed by atoms with Gasteiger partial charge in [0.2, 0.25) is 5.91 Å². The van der Waals surface area contributed by atoms with Crippen molar-refractivity contribution in [3.63, 3.8) is 0 Å². The fraction of sp³-hybridized carbons (Fsp3) is 0.208. The fourth-order valence-electron chi connectivity index (χ4n) is 3.60. The summed E-state index contributed by atoms with van der Waals surface area (Å²) in [5, 5.41) is 0. The second-order valence-corrected chi connectivity index (χ2v) is 7.31. The van der Waals surface area contributed by atoms with E-state index in [2.05, 4.69) is 4.98 Å². The Morgan fingerprint density at radius 2 is 1.80 bits per heavy atom. The first-order chi connectivity index (χ1) is 14.6. The lowest BCUT2D eigenvalue weighted by Crippen LogP contribution is -2.35. The van der Waals surface area contributed by atoms with Crippen LogP contribution in [0.4, 0.5) is 4.39 Å². The van der Waals surface area contributed by atoms with Gasteiger partial charge < -0.3 is 9.80 Å². The average molecular weight is 403 g/mol. The number of carbonyl (C=O) groups is 2. The third-order valence-electron chi connectivity index (χ3n) is 5.26. The maximum absolute atomic E-state index is 13.4. The molecule has 1 aliphatic heterocycles. The van der Waals surface area contributed by atoms with E-state index in [-0.39, 0.29) is 17.6 Å². The van der Waals surface area contributed by atoms with Gasteiger partial charge in [-0.05, 0) is 47.0 Å². The van der Waals surface area contributed by atoms with Crippen LogP contribution in [0, 0.1) is 5.82 Å². The SMILES string of the molecule is O=C1CCN(C(=O)c2ccc(-c3cccc(F)c3)cc2)CCN1Cc1cccnc1. The molecule has 0 unspecified atom stereocenters. The molecule has 30 heavy (non-hydrogen) atoms. The molecule has 4 rings (SSSR count). The molecule has 0 saturated carbocycles. The van der Waals surface area contributed by atoms with Gasteiger partial charge in [-0.3, -0.25) is 14.6 Å². The summed E-state index contributed by atoms with van der Waals surface area (Å²) < 4.78 is 13.4. The monoisotopic (exact) mass is 403 g/mol. The van der Waals surface area contributed by atoms with Crippen molar-refractivity contribution in [3.8, 4) is 11.1 Å². The minimum Gasteiger partial charge on any atom is -0.336 e. The maximum atomic E-state index is 13.4. The van der Waals surface area contributed by atoms with Gasteiger partial charge in [0.15, 0.2) is 0 Å². The van der Waals surface area contributed by atoms with Crippen LogP contribution in [0.1, 0.15) is 22.3 Å². The van der Waals surface area contributed by atoms with Gasteiger partial charge in [0.05, 0.1) is 0 Å². The number of aromatic nitrogens is 1. The summed E-state index contributed by atoms with van der Waals surface area (Å²) in [6, 6.07) is 17.3. The number of amides is 2. The standard InChI is InChI=1S/C24H22FN3O2/c25-22-5-1-4-21(15-22)19-6-8-20(9-7-19)24(30)27-12-10-23(29)28(14-13-27)17-18-3-2-11-26-16-18/h1-9,11,15-16H,10,12-14,17H2. The highest BCUT2D eigenvalue weighted by molar-refractivity contribution is 5.95. The minimum absolute atomic E-state index is 0.0376. The van der Waals surface area contributed by atoms with Crippen LogP contribution in [0.3, 0.4) is 0 Å². The molecule has 0 bridgehead atoms. The second kappa shape index (κ2) is 8.86. The Bertz CT molecular complexity index is 1040. The molecule has 1 aliphatic rings. The van der Waals surface area contributed by atoms with Gasteiger partial charge in [-0.15, -0.1) is 0 Å². The molecule has 1 saturated heterocycles. The predicted octanol–water partition coefficient (Wildman–Crippen LogP) is 3.76. The van der Waals surface area contributed by atoms with E-state index >= 15 is 0 Å². The zero-order valence-electron chi connectivity index (χ0n) is 16.5. The molecule has 2 heterocycles. The number of halogens is 1. The third kappa shape index (κ3) is 4.54. The molecule has 0 aliphatic carbocycles. The summed E-state index contributed by atoms with van der Waals surface area (Å²) in [7, 11) is 0. The Hall–Kier alpha value is -3.54. The van der Waals surface area contributed by atoms with Crippen LogP contribution in [0.2, 0.25) is 0 Å². The molecule has 0 radical (unpaired) electrons. The van der Waals surface area contributed by atoms with Gasteiger partial charge in [0.1, 0.15) is 5.82 Å². The number of hydrogen-bond donors (Lipinski definition) is 0. The highest BCUT2D eigenvalue weighted by Crippen LogP contribution is 2.21. The summed E-state index contributed by atoms with van der Waals surface area (Å²) >= 11 is 0. The first kappa shape index (κ1) is 19.8. The lowest BCUT2D eigenvalue weighted by molar-refractivity contribution is -0.130. The van der Waals surface area contributed by atoms with Crippen molar-refractivity contribution in [2.45, 2.75) is 13.0 Å². The Kier molecular flexibility index (Phi) is 5.84. The van der Waals surface area contributed by atoms with Gasteiger partial charge >= 0.3 is 0 Å². The second-order valence-electron chi connectivity index (χ2n) is 7.31. The van der Waals surface area contributed by atoms with E-state index in [4.69, 9.17) is 0 Å². The largest absolute Gasteiger partial charge is 0.336 e. The third-order valence-corrected chi connectivity index (χ3v) is 5.26. The van der Waals surface area contributed by atoms with E-state index in [1.54, 1.807) is 40.4 Å². The number of nitrogens with zero attached hydrogens (tertiary/aromatic N) is 3. The minimum atomic E-state index is -0.294. The molecule has 2 aromatic carbocycles. The van der Waals surface area contributed by atoms with Gasteiger partial charge in [-0.25, -0.2) is 4.39 Å². The van der Waals surface area contributed by atoms with Gasteiger partial charge in [-0.1, -0.05) is 30.3 Å². The van der Waals surface area contributed by atoms with Crippen molar-refractivity contribution in [3.05, 3.63) is 90.0 Å². The maximum Gasteiger partial charge on any atom is 0.253 e. The van der Waals surface area contributed by atoms with E-state index in [1.165, 1.54) is 12.1 Å². The van der Waals surface area contributed by atoms with Crippen molar-refractivity contribution < 1.29 is 14.0 Å². The fourth-order valence-corrected chi connectivity index (χ4v) is 3.60. The van der Waals surface area contributed by atoms with Crippen LogP contribution >= 0.6 is 0 Å². The van der Waals surface area contributed by atoms with Crippen LogP contribution in [-0.4, -0.2) is 46.2 Å². The van der Waals surface area contributed by atoms with Crippen molar-refractivity contribution in [2.75, 3.05) is 19.6 Å². The summed E-state index contributed by atoms with van der Waals surface area (Å²) in [6.45, 7) is 1.86. The number of hydrogen-bond acceptors (Lipinski definition) is 3. The molecule has 1 aromatic heterocycles. The van der Waals surface area contributed by atoms with E-state index in [0.717, 1.165) is 16.7 Å². The van der Waals surface area contributed by atoms with E-state index in [9.17, 15) is 14.0 Å². The summed E-state index contributed by atoms with van der Waals surface area (Å²) in [5.41, 5.74) is 3.14. The lowest BCUT2D eigenvalue weighted by atomic mass is 10.0. The van der Waals surface area contributed by atoms with E-state index in [1.807, 2.05) is 30.3 Å². The van der Waals surface area contributed by atoms with Crippen molar-refractivity contribution in [1.82, 2.24) is 14.8 Å². The topological polar surface area (TPSA) is 53.5 Å². The molecule has 0 N–H and O–H groups in total. The van der Waals surface area contributed by atoms with Gasteiger partial charge in [-0.2, -0.15) is 0 Å². The van der Waals surface area contributed by atoms with Crippen LogP contribution in [0.25, 0.3) is 11.1 Å². The van der Waals surface area contributed by atoms with Crippen molar-refractivity contribution in [2.24, 2.45) is 0 Å². The van der Waals surface area contributed by atoms with Crippen LogP contribution < -0.4 is 0 Å². The normalized spacial score (nSPS) is 14.5. The van der Waals surface area contributed by atoms with Crippen molar-refractivity contribution in [1.29, 1.82) is 0 Å². The smallest absolute Gasteiger partial charge is 0.253 e. The Morgan fingerprint density at radius 1 is 0.967 bits per heavy atom. The molecular weight excluding hydrogens is 381 g/mol. The lowest BCUT2D eigenvalue weighted by Gasteiger charge is -2.22. The van der Waals surface area contributed by atoms with E-state index in [0.29, 0.717) is 38.2 Å². The molecule has 0 atom stereocenters. The van der Waals surface area contributed by atoms with Gasteiger partial charge in [0.25, 0.3) is 5.91 Å². The molecule has 5 nitrogen and oxygen atoms in total. The van der Waals surface area contributed by atoms with Crippen LogP contribution in [-0.2, 0) is 11.3 Å². The van der Waals surface area contributed by atoms with E-state index < -0.39 is 0 Å². The first-order valence-electron chi connectivity index (χ1n) is 9.92. The Balaban J connectivity index is 1.43. The summed E-state index contributed by atoms with van der Waals surface area (Å²) in [5.74, 6) is -0.356. The molecule has 2 amide bonds. The number of carbonyl (C=O) groups excluding carboxylic acids is 2. The van der Waals surface area contributed by atoms with Crippen LogP contribution in [0.5, 0.6) is 0 Å². The predicted molar refractivity (Wildman–Crippen MR) is 112 cm³/mol. The highest BCUT2D eigenvalue weighted by Gasteiger charge is 2.24. The number of pyridine rings is 1. The van der Waals surface area contributed by atoms with Crippen molar-refractivity contribution >= 4 is 11.8 Å². The molecule has 3 aromatic rings. The molecular formula is C24H22FN3O2. The number of benzene rings is 2. The Morgan fingerprint density at radius 3 is 2.53 bits per heavy atom. The molecule has 0 spiro atoms. The quantitative estimate of drug-likeness (QED) is 0.667. The summed E-state index contributed by atoms with van der Waals surface area (Å²) in [6.07, 6.45) is 3.75. The number of rotatable bonds is 4. The molecule has 6 heteroatoms. The van der Waals surface area contributed by atoms with Gasteiger partial charge in [0, 0.05) is 50.6 Å². The Labute approximate surface area is 174 Å². The zero-order valence-corrected chi connectivity index (χ0v) is 16.5. The first-order valence-corrected chi connectivity index (χ1v) is 9.92. The molecule has 1 fully saturated rings. The zero-order chi connectivity index (χ0) is 20.9. The highest BCUT2D eigenvalue weighted by atomic mass is 19.1. The molecule has 152 valence electrons.